The second-order valence-electron chi connectivity index (χ2n) is 6.52. The molecule has 2 aromatic rings. The number of ether oxygens (including phenoxy) is 1. The molecule has 0 aliphatic rings. The number of guanidine groups is 1. The van der Waals surface area contributed by atoms with Gasteiger partial charge in [0.25, 0.3) is 0 Å². The third kappa shape index (κ3) is 7.70. The zero-order valence-corrected chi connectivity index (χ0v) is 16.1. The fourth-order valence-corrected chi connectivity index (χ4v) is 2.52. The average molecular weight is 358 g/mol. The summed E-state index contributed by atoms with van der Waals surface area (Å²) in [5.74, 6) is 1.22. The van der Waals surface area contributed by atoms with E-state index in [1.165, 1.54) is 11.1 Å². The van der Waals surface area contributed by atoms with Crippen LogP contribution in [0.25, 0.3) is 0 Å². The number of aromatic nitrogens is 2. The van der Waals surface area contributed by atoms with Crippen LogP contribution in [0.5, 0.6) is 0 Å². The van der Waals surface area contributed by atoms with Crippen LogP contribution in [0.3, 0.4) is 0 Å². The fourth-order valence-electron chi connectivity index (χ4n) is 2.52. The Bertz CT molecular complexity index is 653. The highest BCUT2D eigenvalue weighted by molar-refractivity contribution is 5.79. The van der Waals surface area contributed by atoms with Gasteiger partial charge < -0.3 is 15.4 Å². The molecule has 1 atom stereocenters. The molecule has 2 N–H and O–H groups in total. The molecule has 0 aliphatic carbocycles. The summed E-state index contributed by atoms with van der Waals surface area (Å²) in [7, 11) is 1.93. The topological polar surface area (TPSA) is 63.5 Å². The molecule has 142 valence electrons. The first-order valence-corrected chi connectivity index (χ1v) is 9.28. The summed E-state index contributed by atoms with van der Waals surface area (Å²) in [5, 5.41) is 10.9. The lowest BCUT2D eigenvalue weighted by atomic mass is 10.2. The smallest absolute Gasteiger partial charge is 0.191 e. The summed E-state index contributed by atoms with van der Waals surface area (Å²) >= 11 is 0. The van der Waals surface area contributed by atoms with Crippen molar-refractivity contribution in [2.24, 2.45) is 18.0 Å². The average Bonchev–Trinajstić information content (AvgIpc) is 3.06. The van der Waals surface area contributed by atoms with Crippen molar-refractivity contribution in [1.29, 1.82) is 0 Å². The highest BCUT2D eigenvalue weighted by Gasteiger charge is 2.04. The molecule has 0 fully saturated rings. The van der Waals surface area contributed by atoms with Gasteiger partial charge in [0, 0.05) is 32.9 Å². The maximum atomic E-state index is 5.80. The molecule has 0 spiro atoms. The van der Waals surface area contributed by atoms with E-state index in [1.54, 1.807) is 0 Å². The highest BCUT2D eigenvalue weighted by Crippen LogP contribution is 2.03. The number of hydrogen-bond acceptors (Lipinski definition) is 3. The number of nitrogens with zero attached hydrogens (tertiary/aromatic N) is 3. The minimum atomic E-state index is 0.368. The van der Waals surface area contributed by atoms with Crippen LogP contribution in [0.2, 0.25) is 0 Å². The van der Waals surface area contributed by atoms with Gasteiger partial charge in [-0.25, -0.2) is 0 Å². The molecule has 26 heavy (non-hydrogen) atoms. The van der Waals surface area contributed by atoms with Gasteiger partial charge in [-0.05, 0) is 30.4 Å². The standard InChI is InChI=1S/C20H31N5O/c1-4-21-20(22-11-10-19-13-24-25(3)14-19)23-12-17(2)15-26-16-18-8-6-5-7-9-18/h5-9,13-14,17H,4,10-12,15-16H2,1-3H3,(H2,21,22,23). The first-order chi connectivity index (χ1) is 12.7. The molecule has 0 aliphatic heterocycles. The summed E-state index contributed by atoms with van der Waals surface area (Å²) in [5.41, 5.74) is 2.42. The number of rotatable bonds is 10. The minimum absolute atomic E-state index is 0.368. The number of aryl methyl sites for hydroxylation is 1. The number of nitrogens with one attached hydrogen (secondary N) is 2. The minimum Gasteiger partial charge on any atom is -0.376 e. The Hall–Kier alpha value is -2.34. The van der Waals surface area contributed by atoms with Gasteiger partial charge in [0.15, 0.2) is 5.96 Å². The van der Waals surface area contributed by atoms with Gasteiger partial charge >= 0.3 is 0 Å². The van der Waals surface area contributed by atoms with Crippen LogP contribution in [0, 0.1) is 5.92 Å². The van der Waals surface area contributed by atoms with E-state index >= 15 is 0 Å². The zero-order chi connectivity index (χ0) is 18.6. The molecule has 1 aromatic carbocycles. The summed E-state index contributed by atoms with van der Waals surface area (Å²) in [6.07, 6.45) is 4.86. The van der Waals surface area contributed by atoms with E-state index in [1.807, 2.05) is 42.3 Å². The van der Waals surface area contributed by atoms with Gasteiger partial charge in [-0.3, -0.25) is 9.67 Å². The summed E-state index contributed by atoms with van der Waals surface area (Å²) in [6, 6.07) is 10.2. The van der Waals surface area contributed by atoms with Gasteiger partial charge in [0.2, 0.25) is 0 Å². The molecule has 0 bridgehead atoms. The van der Waals surface area contributed by atoms with Crippen molar-refractivity contribution in [2.75, 3.05) is 26.2 Å². The molecular formula is C20H31N5O. The van der Waals surface area contributed by atoms with Gasteiger partial charge in [-0.15, -0.1) is 0 Å². The van der Waals surface area contributed by atoms with Crippen LogP contribution in [0.4, 0.5) is 0 Å². The highest BCUT2D eigenvalue weighted by atomic mass is 16.5. The summed E-state index contributed by atoms with van der Waals surface area (Å²) < 4.78 is 7.62. The molecule has 0 saturated heterocycles. The van der Waals surface area contributed by atoms with Gasteiger partial charge in [0.1, 0.15) is 0 Å². The fraction of sp³-hybridized carbons (Fsp3) is 0.500. The van der Waals surface area contributed by atoms with Crippen molar-refractivity contribution in [1.82, 2.24) is 20.4 Å². The van der Waals surface area contributed by atoms with E-state index in [-0.39, 0.29) is 0 Å². The maximum absolute atomic E-state index is 5.80. The third-order valence-electron chi connectivity index (χ3n) is 3.88. The lowest BCUT2D eigenvalue weighted by molar-refractivity contribution is 0.0945. The monoisotopic (exact) mass is 357 g/mol. The first-order valence-electron chi connectivity index (χ1n) is 9.28. The Balaban J connectivity index is 1.68. The predicted molar refractivity (Wildman–Crippen MR) is 106 cm³/mol. The number of hydrogen-bond donors (Lipinski definition) is 2. The lowest BCUT2D eigenvalue weighted by Gasteiger charge is -2.13. The molecule has 6 heteroatoms. The van der Waals surface area contributed by atoms with Crippen molar-refractivity contribution in [3.05, 3.63) is 53.9 Å². The molecule has 0 amide bonds. The Morgan fingerprint density at radius 3 is 2.73 bits per heavy atom. The van der Waals surface area contributed by atoms with Crippen LogP contribution in [-0.2, 0) is 24.8 Å². The van der Waals surface area contributed by atoms with Gasteiger partial charge in [0.05, 0.1) is 19.4 Å². The molecule has 2 rings (SSSR count). The van der Waals surface area contributed by atoms with Crippen molar-refractivity contribution in [3.8, 4) is 0 Å². The molecule has 1 heterocycles. The molecular weight excluding hydrogens is 326 g/mol. The molecule has 1 aromatic heterocycles. The molecule has 6 nitrogen and oxygen atoms in total. The molecule has 0 saturated carbocycles. The number of benzene rings is 1. The second kappa shape index (κ2) is 11.3. The van der Waals surface area contributed by atoms with Crippen LogP contribution >= 0.6 is 0 Å². The normalized spacial score (nSPS) is 12.8. The van der Waals surface area contributed by atoms with Crippen molar-refractivity contribution in [2.45, 2.75) is 26.9 Å². The molecule has 1 unspecified atom stereocenters. The van der Waals surface area contributed by atoms with E-state index < -0.39 is 0 Å². The van der Waals surface area contributed by atoms with Crippen molar-refractivity contribution >= 4 is 5.96 Å². The Morgan fingerprint density at radius 1 is 1.23 bits per heavy atom. The first kappa shape index (κ1) is 20.0. The largest absolute Gasteiger partial charge is 0.376 e. The Morgan fingerprint density at radius 2 is 2.04 bits per heavy atom. The van der Waals surface area contributed by atoms with Crippen LogP contribution in [-0.4, -0.2) is 42.0 Å². The van der Waals surface area contributed by atoms with Crippen LogP contribution in [0.1, 0.15) is 25.0 Å². The zero-order valence-electron chi connectivity index (χ0n) is 16.1. The van der Waals surface area contributed by atoms with E-state index in [9.17, 15) is 0 Å². The third-order valence-corrected chi connectivity index (χ3v) is 3.88. The van der Waals surface area contributed by atoms with Crippen LogP contribution < -0.4 is 10.6 Å². The van der Waals surface area contributed by atoms with Gasteiger partial charge in [-0.2, -0.15) is 5.10 Å². The number of aliphatic imine (C=N–C) groups is 1. The second-order valence-corrected chi connectivity index (χ2v) is 6.52. The Kier molecular flexibility index (Phi) is 8.69. The maximum Gasteiger partial charge on any atom is 0.191 e. The SMILES string of the molecule is CCNC(=NCC(C)COCc1ccccc1)NCCc1cnn(C)c1. The Labute approximate surface area is 156 Å². The van der Waals surface area contributed by atoms with E-state index in [2.05, 4.69) is 46.7 Å². The van der Waals surface area contributed by atoms with Crippen LogP contribution in [0.15, 0.2) is 47.7 Å². The summed E-state index contributed by atoms with van der Waals surface area (Å²) in [6.45, 7) is 8.00. The summed E-state index contributed by atoms with van der Waals surface area (Å²) in [4.78, 5) is 4.67. The lowest BCUT2D eigenvalue weighted by Crippen LogP contribution is -2.38. The van der Waals surface area contributed by atoms with Gasteiger partial charge in [-0.1, -0.05) is 37.3 Å². The van der Waals surface area contributed by atoms with E-state index in [0.717, 1.165) is 32.0 Å². The van der Waals surface area contributed by atoms with Crippen molar-refractivity contribution < 1.29 is 4.74 Å². The van der Waals surface area contributed by atoms with E-state index in [0.29, 0.717) is 19.1 Å². The van der Waals surface area contributed by atoms with Crippen molar-refractivity contribution in [3.63, 3.8) is 0 Å². The quantitative estimate of drug-likeness (QED) is 0.506. The van der Waals surface area contributed by atoms with E-state index in [4.69, 9.17) is 4.74 Å². The predicted octanol–water partition coefficient (Wildman–Crippen LogP) is 2.37. The molecule has 0 radical (unpaired) electrons.